The predicted molar refractivity (Wildman–Crippen MR) is 93.2 cm³/mol. The van der Waals surface area contributed by atoms with Gasteiger partial charge < -0.3 is 5.32 Å². The highest BCUT2D eigenvalue weighted by molar-refractivity contribution is 7.15. The third-order valence-electron chi connectivity index (χ3n) is 5.45. The molecule has 2 aromatic rings. The van der Waals surface area contributed by atoms with Gasteiger partial charge in [-0.2, -0.15) is 0 Å². The summed E-state index contributed by atoms with van der Waals surface area (Å²) < 4.78 is 1.71. The summed E-state index contributed by atoms with van der Waals surface area (Å²) in [4.78, 5) is 20.5. The van der Waals surface area contributed by atoms with Crippen molar-refractivity contribution >= 4 is 16.3 Å². The number of aromatic nitrogens is 2. The maximum atomic E-state index is 12.4. The Kier molecular flexibility index (Phi) is 3.99. The maximum absolute atomic E-state index is 12.4. The van der Waals surface area contributed by atoms with Gasteiger partial charge in [0.1, 0.15) is 0 Å². The second-order valence-electron chi connectivity index (χ2n) is 6.96. The van der Waals surface area contributed by atoms with Crippen molar-refractivity contribution in [3.05, 3.63) is 33.2 Å². The fourth-order valence-electron chi connectivity index (χ4n) is 4.21. The minimum atomic E-state index is 0.0524. The number of aryl methyl sites for hydroxylation is 1. The molecule has 1 aliphatic heterocycles. The van der Waals surface area contributed by atoms with Crippen LogP contribution in [0.2, 0.25) is 0 Å². The molecule has 0 atom stereocenters. The molecule has 1 spiro atoms. The molecule has 23 heavy (non-hydrogen) atoms. The molecule has 1 N–H and O–H groups in total. The summed E-state index contributed by atoms with van der Waals surface area (Å²) in [6.07, 6.45) is 6.52. The van der Waals surface area contributed by atoms with Crippen molar-refractivity contribution in [2.24, 2.45) is 0 Å². The van der Waals surface area contributed by atoms with Gasteiger partial charge in [0.2, 0.25) is 0 Å². The van der Waals surface area contributed by atoms with Gasteiger partial charge in [0, 0.05) is 48.9 Å². The van der Waals surface area contributed by atoms with Crippen LogP contribution in [0.4, 0.5) is 0 Å². The van der Waals surface area contributed by atoms with Crippen molar-refractivity contribution in [2.45, 2.75) is 51.1 Å². The normalized spacial score (nSPS) is 22.0. The summed E-state index contributed by atoms with van der Waals surface area (Å²) in [5, 5.41) is 5.58. The van der Waals surface area contributed by atoms with Crippen LogP contribution in [0, 0.1) is 6.92 Å². The monoisotopic (exact) mass is 332 g/mol. The molecule has 2 aliphatic rings. The SMILES string of the molecule is Cc1csc2nc(CN3CCNCC34CCCCC4)cc(=O)n12. The zero-order valence-corrected chi connectivity index (χ0v) is 14.5. The van der Waals surface area contributed by atoms with Gasteiger partial charge in [-0.05, 0) is 19.8 Å². The molecule has 0 unspecified atom stereocenters. The Morgan fingerprint density at radius 1 is 1.35 bits per heavy atom. The number of piperazine rings is 1. The van der Waals surface area contributed by atoms with Gasteiger partial charge in [0.05, 0.1) is 5.69 Å². The van der Waals surface area contributed by atoms with Gasteiger partial charge in [-0.15, -0.1) is 11.3 Å². The van der Waals surface area contributed by atoms with Crippen LogP contribution in [0.5, 0.6) is 0 Å². The summed E-state index contributed by atoms with van der Waals surface area (Å²) in [7, 11) is 0. The average Bonchev–Trinajstić information content (AvgIpc) is 2.92. The van der Waals surface area contributed by atoms with Crippen LogP contribution >= 0.6 is 11.3 Å². The van der Waals surface area contributed by atoms with Gasteiger partial charge >= 0.3 is 0 Å². The zero-order chi connectivity index (χ0) is 15.9. The second-order valence-corrected chi connectivity index (χ2v) is 7.80. The molecule has 5 nitrogen and oxygen atoms in total. The first-order chi connectivity index (χ1) is 11.2. The van der Waals surface area contributed by atoms with Gasteiger partial charge in [-0.25, -0.2) is 4.98 Å². The van der Waals surface area contributed by atoms with Crippen LogP contribution in [0.3, 0.4) is 0 Å². The van der Waals surface area contributed by atoms with Crippen molar-refractivity contribution in [1.29, 1.82) is 0 Å². The standard InChI is InChI=1S/C17H24N4OS/c1-13-11-23-16-19-14(9-15(22)21(13)16)10-20-8-7-18-12-17(20)5-3-2-4-6-17/h9,11,18H,2-8,10,12H2,1H3. The highest BCUT2D eigenvalue weighted by atomic mass is 32.1. The van der Waals surface area contributed by atoms with E-state index >= 15 is 0 Å². The first kappa shape index (κ1) is 15.3. The lowest BCUT2D eigenvalue weighted by Gasteiger charge is -2.49. The Balaban J connectivity index is 1.64. The van der Waals surface area contributed by atoms with E-state index in [9.17, 15) is 4.79 Å². The van der Waals surface area contributed by atoms with E-state index in [1.165, 1.54) is 32.1 Å². The molecule has 2 fully saturated rings. The van der Waals surface area contributed by atoms with Crippen LogP contribution in [0.15, 0.2) is 16.2 Å². The highest BCUT2D eigenvalue weighted by Crippen LogP contribution is 2.35. The molecule has 1 saturated heterocycles. The Bertz CT molecular complexity index is 751. The van der Waals surface area contributed by atoms with Gasteiger partial charge in [0.25, 0.3) is 5.56 Å². The van der Waals surface area contributed by atoms with Crippen LogP contribution in [-0.4, -0.2) is 39.5 Å². The lowest BCUT2D eigenvalue weighted by Crippen LogP contribution is -2.61. The molecule has 0 bridgehead atoms. The second kappa shape index (κ2) is 6.00. The third-order valence-corrected chi connectivity index (χ3v) is 6.39. The Labute approximate surface area is 140 Å². The molecular formula is C17H24N4OS. The molecule has 124 valence electrons. The smallest absolute Gasteiger partial charge is 0.259 e. The van der Waals surface area contributed by atoms with Crippen LogP contribution < -0.4 is 10.9 Å². The minimum absolute atomic E-state index is 0.0524. The van der Waals surface area contributed by atoms with Crippen molar-refractivity contribution in [2.75, 3.05) is 19.6 Å². The van der Waals surface area contributed by atoms with Crippen molar-refractivity contribution in [1.82, 2.24) is 19.6 Å². The molecular weight excluding hydrogens is 308 g/mol. The summed E-state index contributed by atoms with van der Waals surface area (Å²) in [6.45, 7) is 5.90. The molecule has 1 aliphatic carbocycles. The van der Waals surface area contributed by atoms with E-state index in [4.69, 9.17) is 4.98 Å². The first-order valence-corrected chi connectivity index (χ1v) is 9.49. The molecule has 4 rings (SSSR count). The Hall–Kier alpha value is -1.24. The van der Waals surface area contributed by atoms with E-state index in [0.29, 0.717) is 0 Å². The zero-order valence-electron chi connectivity index (χ0n) is 13.7. The quantitative estimate of drug-likeness (QED) is 0.916. The number of thiazole rings is 1. The molecule has 0 aromatic carbocycles. The third kappa shape index (κ3) is 2.73. The molecule has 6 heteroatoms. The van der Waals surface area contributed by atoms with E-state index in [0.717, 1.165) is 42.5 Å². The van der Waals surface area contributed by atoms with Crippen LogP contribution in [-0.2, 0) is 6.54 Å². The number of nitrogens with zero attached hydrogens (tertiary/aromatic N) is 3. The predicted octanol–water partition coefficient (Wildman–Crippen LogP) is 2.17. The summed E-state index contributed by atoms with van der Waals surface area (Å²) in [6, 6.07) is 1.73. The van der Waals surface area contributed by atoms with Gasteiger partial charge in [0.15, 0.2) is 4.96 Å². The molecule has 2 aromatic heterocycles. The minimum Gasteiger partial charge on any atom is -0.314 e. The van der Waals surface area contributed by atoms with E-state index in [-0.39, 0.29) is 11.1 Å². The lowest BCUT2D eigenvalue weighted by molar-refractivity contribution is 0.0199. The molecule has 0 amide bonds. The van der Waals surface area contributed by atoms with E-state index in [1.807, 2.05) is 12.3 Å². The fraction of sp³-hybridized carbons (Fsp3) is 0.647. The Morgan fingerprint density at radius 3 is 3.00 bits per heavy atom. The maximum Gasteiger partial charge on any atom is 0.259 e. The summed E-state index contributed by atoms with van der Waals surface area (Å²) in [5.74, 6) is 0. The summed E-state index contributed by atoms with van der Waals surface area (Å²) in [5.41, 5.74) is 2.22. The van der Waals surface area contributed by atoms with E-state index < -0.39 is 0 Å². The summed E-state index contributed by atoms with van der Waals surface area (Å²) >= 11 is 1.55. The largest absolute Gasteiger partial charge is 0.314 e. The Morgan fingerprint density at radius 2 is 2.17 bits per heavy atom. The average molecular weight is 332 g/mol. The van der Waals surface area contributed by atoms with E-state index in [1.54, 1.807) is 21.8 Å². The number of hydrogen-bond acceptors (Lipinski definition) is 5. The fourth-order valence-corrected chi connectivity index (χ4v) is 5.10. The lowest BCUT2D eigenvalue weighted by atomic mass is 9.79. The van der Waals surface area contributed by atoms with Gasteiger partial charge in [-0.3, -0.25) is 14.1 Å². The van der Waals surface area contributed by atoms with Crippen LogP contribution in [0.1, 0.15) is 43.5 Å². The number of fused-ring (bicyclic) bond motifs is 1. The number of hydrogen-bond donors (Lipinski definition) is 1. The number of nitrogens with one attached hydrogen (secondary N) is 1. The van der Waals surface area contributed by atoms with Crippen molar-refractivity contribution in [3.8, 4) is 0 Å². The molecule has 3 heterocycles. The van der Waals surface area contributed by atoms with E-state index in [2.05, 4.69) is 10.2 Å². The van der Waals surface area contributed by atoms with Crippen LogP contribution in [0.25, 0.3) is 4.96 Å². The number of rotatable bonds is 2. The highest BCUT2D eigenvalue weighted by Gasteiger charge is 2.39. The van der Waals surface area contributed by atoms with Crippen molar-refractivity contribution < 1.29 is 0 Å². The molecule has 0 radical (unpaired) electrons. The van der Waals surface area contributed by atoms with Crippen molar-refractivity contribution in [3.63, 3.8) is 0 Å². The first-order valence-electron chi connectivity index (χ1n) is 8.61. The topological polar surface area (TPSA) is 49.6 Å². The molecule has 1 saturated carbocycles. The van der Waals surface area contributed by atoms with Gasteiger partial charge in [-0.1, -0.05) is 19.3 Å².